The Bertz CT molecular complexity index is 308. The van der Waals surface area contributed by atoms with Crippen molar-refractivity contribution >= 4 is 40.1 Å². The Hall–Kier alpha value is -0.0951. The molecule has 1 aromatic rings. The fourth-order valence-corrected chi connectivity index (χ4v) is 1.60. The van der Waals surface area contributed by atoms with Gasteiger partial charge >= 0.3 is 7.12 Å². The summed E-state index contributed by atoms with van der Waals surface area (Å²) in [7, 11) is -1.85. The SMILES string of the molecule is OB(O)c1cc(Cl)cc(Br)c1F. The van der Waals surface area contributed by atoms with E-state index in [-0.39, 0.29) is 15.0 Å². The molecule has 0 spiro atoms. The summed E-state index contributed by atoms with van der Waals surface area (Å²) >= 11 is 8.43. The Balaban J connectivity index is 3.28. The van der Waals surface area contributed by atoms with Crippen molar-refractivity contribution in [2.45, 2.75) is 0 Å². The maximum Gasteiger partial charge on any atom is 0.491 e. The Kier molecular flexibility index (Phi) is 3.12. The zero-order valence-corrected chi connectivity index (χ0v) is 8.10. The molecule has 0 fully saturated rings. The molecule has 0 saturated heterocycles. The maximum absolute atomic E-state index is 13.0. The van der Waals surface area contributed by atoms with E-state index >= 15 is 0 Å². The van der Waals surface area contributed by atoms with Crippen LogP contribution in [0.1, 0.15) is 0 Å². The highest BCUT2D eigenvalue weighted by molar-refractivity contribution is 9.10. The quantitative estimate of drug-likeness (QED) is 0.577. The molecule has 0 bridgehead atoms. The van der Waals surface area contributed by atoms with Gasteiger partial charge < -0.3 is 10.0 Å². The predicted octanol–water partition coefficient (Wildman–Crippen LogP) is 0.921. The molecule has 0 aliphatic carbocycles. The van der Waals surface area contributed by atoms with Crippen molar-refractivity contribution in [1.29, 1.82) is 0 Å². The fourth-order valence-electron chi connectivity index (χ4n) is 0.764. The lowest BCUT2D eigenvalue weighted by molar-refractivity contribution is 0.423. The fraction of sp³-hybridized carbons (Fsp3) is 0. The molecule has 0 radical (unpaired) electrons. The first-order chi connectivity index (χ1) is 5.52. The molecule has 0 aliphatic rings. The standard InChI is InChI=1S/C6H4BBrClFO2/c8-5-2-3(9)1-4(6(5)10)7(11)12/h1-2,11-12H. The summed E-state index contributed by atoms with van der Waals surface area (Å²) in [6, 6.07) is 2.50. The summed E-state index contributed by atoms with van der Waals surface area (Å²) in [4.78, 5) is 0. The third-order valence-corrected chi connectivity index (χ3v) is 2.09. The van der Waals surface area contributed by atoms with Gasteiger partial charge in [0.05, 0.1) is 4.47 Å². The first-order valence-electron chi connectivity index (χ1n) is 3.03. The Morgan fingerprint density at radius 2 is 2.00 bits per heavy atom. The van der Waals surface area contributed by atoms with Crippen LogP contribution >= 0.6 is 27.5 Å². The third-order valence-electron chi connectivity index (χ3n) is 1.30. The zero-order chi connectivity index (χ0) is 9.30. The van der Waals surface area contributed by atoms with E-state index in [0.717, 1.165) is 6.07 Å². The summed E-state index contributed by atoms with van der Waals surface area (Å²) < 4.78 is 13.1. The lowest BCUT2D eigenvalue weighted by Crippen LogP contribution is -2.33. The minimum atomic E-state index is -1.85. The van der Waals surface area contributed by atoms with Gasteiger partial charge in [0.2, 0.25) is 0 Å². The first kappa shape index (κ1) is 9.99. The van der Waals surface area contributed by atoms with Crippen LogP contribution in [0.25, 0.3) is 0 Å². The topological polar surface area (TPSA) is 40.5 Å². The zero-order valence-electron chi connectivity index (χ0n) is 5.76. The minimum absolute atomic E-state index is 0.109. The normalized spacial score (nSPS) is 10.1. The Morgan fingerprint density at radius 3 is 2.50 bits per heavy atom. The van der Waals surface area contributed by atoms with E-state index in [4.69, 9.17) is 21.6 Å². The largest absolute Gasteiger partial charge is 0.491 e. The van der Waals surface area contributed by atoms with E-state index in [1.165, 1.54) is 6.07 Å². The highest BCUT2D eigenvalue weighted by atomic mass is 79.9. The summed E-state index contributed by atoms with van der Waals surface area (Å²) in [5.74, 6) is -0.714. The Labute approximate surface area is 82.2 Å². The monoisotopic (exact) mass is 252 g/mol. The lowest BCUT2D eigenvalue weighted by atomic mass is 9.80. The van der Waals surface area contributed by atoms with Gasteiger partial charge in [0.1, 0.15) is 5.82 Å². The molecule has 0 atom stereocenters. The van der Waals surface area contributed by atoms with Crippen molar-refractivity contribution in [3.63, 3.8) is 0 Å². The molecule has 6 heteroatoms. The van der Waals surface area contributed by atoms with Crippen molar-refractivity contribution in [2.24, 2.45) is 0 Å². The molecule has 0 aromatic heterocycles. The van der Waals surface area contributed by atoms with Crippen LogP contribution in [0.2, 0.25) is 5.02 Å². The van der Waals surface area contributed by atoms with Crippen LogP contribution in [0.15, 0.2) is 16.6 Å². The maximum atomic E-state index is 13.0. The van der Waals surface area contributed by atoms with Crippen molar-refractivity contribution in [2.75, 3.05) is 0 Å². The summed E-state index contributed by atoms with van der Waals surface area (Å²) in [6.07, 6.45) is 0. The number of rotatable bonds is 1. The van der Waals surface area contributed by atoms with Crippen LogP contribution in [0.3, 0.4) is 0 Å². The lowest BCUT2D eigenvalue weighted by Gasteiger charge is -2.03. The van der Waals surface area contributed by atoms with Crippen molar-refractivity contribution in [3.05, 3.63) is 27.4 Å². The highest BCUT2D eigenvalue weighted by Gasteiger charge is 2.19. The second kappa shape index (κ2) is 3.74. The minimum Gasteiger partial charge on any atom is -0.423 e. The van der Waals surface area contributed by atoms with Crippen molar-refractivity contribution < 1.29 is 14.4 Å². The van der Waals surface area contributed by atoms with Crippen molar-refractivity contribution in [1.82, 2.24) is 0 Å². The molecule has 1 rings (SSSR count). The van der Waals surface area contributed by atoms with Crippen molar-refractivity contribution in [3.8, 4) is 0 Å². The van der Waals surface area contributed by atoms with Crippen LogP contribution in [0, 0.1) is 5.82 Å². The predicted molar refractivity (Wildman–Crippen MR) is 48.9 cm³/mol. The second-order valence-electron chi connectivity index (χ2n) is 2.16. The molecule has 1 aromatic carbocycles. The number of halogens is 3. The van der Waals surface area contributed by atoms with Gasteiger partial charge in [-0.1, -0.05) is 11.6 Å². The molecule has 0 aliphatic heterocycles. The summed E-state index contributed by atoms with van der Waals surface area (Å²) in [6.45, 7) is 0. The molecule has 64 valence electrons. The van der Waals surface area contributed by atoms with Gasteiger partial charge in [0.25, 0.3) is 0 Å². The van der Waals surface area contributed by atoms with Gasteiger partial charge in [-0.25, -0.2) is 4.39 Å². The van der Waals surface area contributed by atoms with Crippen LogP contribution in [-0.2, 0) is 0 Å². The van der Waals surface area contributed by atoms with Gasteiger partial charge in [-0.15, -0.1) is 0 Å². The first-order valence-corrected chi connectivity index (χ1v) is 4.20. The van der Waals surface area contributed by atoms with Crippen LogP contribution in [0.4, 0.5) is 4.39 Å². The molecule has 12 heavy (non-hydrogen) atoms. The summed E-state index contributed by atoms with van der Waals surface area (Å²) in [5.41, 5.74) is -0.241. The highest BCUT2D eigenvalue weighted by Crippen LogP contribution is 2.18. The smallest absolute Gasteiger partial charge is 0.423 e. The third kappa shape index (κ3) is 1.98. The molecule has 0 heterocycles. The van der Waals surface area contributed by atoms with E-state index in [1.54, 1.807) is 0 Å². The van der Waals surface area contributed by atoms with Crippen LogP contribution in [-0.4, -0.2) is 17.2 Å². The second-order valence-corrected chi connectivity index (χ2v) is 3.46. The van der Waals surface area contributed by atoms with Gasteiger partial charge in [-0.05, 0) is 28.1 Å². The molecule has 2 nitrogen and oxygen atoms in total. The number of benzene rings is 1. The van der Waals surface area contributed by atoms with Crippen LogP contribution < -0.4 is 5.46 Å². The number of hydrogen-bond acceptors (Lipinski definition) is 2. The van der Waals surface area contributed by atoms with E-state index < -0.39 is 12.9 Å². The molecular weight excluding hydrogens is 249 g/mol. The van der Waals surface area contributed by atoms with Crippen LogP contribution in [0.5, 0.6) is 0 Å². The van der Waals surface area contributed by atoms with E-state index in [2.05, 4.69) is 15.9 Å². The summed E-state index contributed by atoms with van der Waals surface area (Å²) in [5, 5.41) is 17.6. The Morgan fingerprint density at radius 1 is 1.42 bits per heavy atom. The van der Waals surface area contributed by atoms with E-state index in [0.29, 0.717) is 0 Å². The van der Waals surface area contributed by atoms with E-state index in [9.17, 15) is 4.39 Å². The van der Waals surface area contributed by atoms with E-state index in [1.807, 2.05) is 0 Å². The molecular formula is C6H4BBrClFO2. The van der Waals surface area contributed by atoms with Gasteiger partial charge in [0.15, 0.2) is 0 Å². The molecule has 0 amide bonds. The molecule has 0 unspecified atom stereocenters. The number of hydrogen-bond donors (Lipinski definition) is 2. The average Bonchev–Trinajstić information content (AvgIpc) is 1.96. The molecule has 0 saturated carbocycles. The molecule has 2 N–H and O–H groups in total. The average molecular weight is 253 g/mol. The van der Waals surface area contributed by atoms with Gasteiger partial charge in [0, 0.05) is 10.5 Å². The van der Waals surface area contributed by atoms with Gasteiger partial charge in [-0.3, -0.25) is 0 Å². The van der Waals surface area contributed by atoms with Gasteiger partial charge in [-0.2, -0.15) is 0 Å².